The van der Waals surface area contributed by atoms with Crippen LogP contribution in [0.15, 0.2) is 64.6 Å². The summed E-state index contributed by atoms with van der Waals surface area (Å²) in [4.78, 5) is 44.7. The number of rotatable bonds is 3. The van der Waals surface area contributed by atoms with E-state index in [9.17, 15) is 14.4 Å². The van der Waals surface area contributed by atoms with Crippen molar-refractivity contribution in [3.63, 3.8) is 0 Å². The van der Waals surface area contributed by atoms with E-state index in [2.05, 4.69) is 25.2 Å². The minimum absolute atomic E-state index is 0.0639. The van der Waals surface area contributed by atoms with E-state index < -0.39 is 17.2 Å². The first-order chi connectivity index (χ1) is 15.6. The van der Waals surface area contributed by atoms with Gasteiger partial charge in [0.2, 0.25) is 0 Å². The van der Waals surface area contributed by atoms with Crippen molar-refractivity contribution in [1.29, 1.82) is 0 Å². The van der Waals surface area contributed by atoms with Gasteiger partial charge in [0.05, 0.1) is 5.69 Å². The number of hydrogen-bond donors (Lipinski definition) is 1. The Morgan fingerprint density at radius 1 is 0.969 bits per heavy atom. The third-order valence-corrected chi connectivity index (χ3v) is 5.48. The van der Waals surface area contributed by atoms with Gasteiger partial charge < -0.3 is 14.8 Å². The molecule has 162 valence electrons. The number of fused-ring (bicyclic) bond motifs is 1. The summed E-state index contributed by atoms with van der Waals surface area (Å²) in [5.41, 5.74) is -0.217. The number of benzene rings is 1. The van der Waals surface area contributed by atoms with E-state index in [1.165, 1.54) is 6.20 Å². The number of carbonyl (C=O) groups is 1. The van der Waals surface area contributed by atoms with Crippen LogP contribution < -0.4 is 16.1 Å². The summed E-state index contributed by atoms with van der Waals surface area (Å²) in [6.07, 6.45) is 3.46. The van der Waals surface area contributed by atoms with Crippen molar-refractivity contribution in [3.8, 4) is 5.69 Å². The number of hydrogen-bond acceptors (Lipinski definition) is 7. The van der Waals surface area contributed by atoms with Crippen LogP contribution in [-0.2, 0) is 0 Å². The number of anilines is 1. The van der Waals surface area contributed by atoms with Gasteiger partial charge in [-0.1, -0.05) is 18.2 Å². The lowest BCUT2D eigenvalue weighted by Gasteiger charge is -2.22. The highest BCUT2D eigenvalue weighted by molar-refractivity contribution is 5.93. The molecule has 0 bridgehead atoms. The molecule has 5 rings (SSSR count). The summed E-state index contributed by atoms with van der Waals surface area (Å²) < 4.78 is 2.59. The zero-order chi connectivity index (χ0) is 22.1. The molecule has 4 heterocycles. The number of aromatic amines is 1. The molecule has 0 atom stereocenters. The maximum Gasteiger partial charge on any atom is 0.333 e. The van der Waals surface area contributed by atoms with Crippen molar-refractivity contribution >= 4 is 17.4 Å². The van der Waals surface area contributed by atoms with E-state index in [0.29, 0.717) is 43.9 Å². The molecule has 1 amide bonds. The van der Waals surface area contributed by atoms with Crippen molar-refractivity contribution in [2.75, 3.05) is 31.1 Å². The van der Waals surface area contributed by atoms with Gasteiger partial charge in [-0.05, 0) is 30.7 Å². The van der Waals surface area contributed by atoms with Gasteiger partial charge in [0.1, 0.15) is 17.7 Å². The molecule has 3 aromatic heterocycles. The summed E-state index contributed by atoms with van der Waals surface area (Å²) in [5, 5.41) is 12.3. The average molecular weight is 432 g/mol. The van der Waals surface area contributed by atoms with E-state index in [-0.39, 0.29) is 5.56 Å². The number of nitrogens with zero attached hydrogens (tertiary/aromatic N) is 7. The minimum atomic E-state index is -0.634. The topological polar surface area (TPSA) is 121 Å². The SMILES string of the molecule is O=C(c1c[nH]c(=O)n(-c2ccccc2)c1=O)N1CCCN(c2ccc3nncn3n2)CC1. The smallest absolute Gasteiger partial charge is 0.333 e. The molecule has 1 aliphatic rings. The van der Waals surface area contributed by atoms with Crippen molar-refractivity contribution in [2.45, 2.75) is 6.42 Å². The third-order valence-electron chi connectivity index (χ3n) is 5.48. The third kappa shape index (κ3) is 3.53. The van der Waals surface area contributed by atoms with Crippen LogP contribution >= 0.6 is 0 Å². The molecule has 11 nitrogen and oxygen atoms in total. The Morgan fingerprint density at radius 3 is 2.66 bits per heavy atom. The number of carbonyl (C=O) groups excluding carboxylic acids is 1. The van der Waals surface area contributed by atoms with Gasteiger partial charge in [-0.15, -0.1) is 15.3 Å². The summed E-state index contributed by atoms with van der Waals surface area (Å²) in [6.45, 7) is 2.19. The molecule has 1 N–H and O–H groups in total. The lowest BCUT2D eigenvalue weighted by atomic mass is 10.2. The first-order valence-electron chi connectivity index (χ1n) is 10.2. The zero-order valence-electron chi connectivity index (χ0n) is 17.1. The van der Waals surface area contributed by atoms with Gasteiger partial charge >= 0.3 is 5.69 Å². The maximum absolute atomic E-state index is 13.2. The lowest BCUT2D eigenvalue weighted by molar-refractivity contribution is 0.0764. The normalized spacial score (nSPS) is 14.5. The largest absolute Gasteiger partial charge is 0.353 e. The molecule has 0 unspecified atom stereocenters. The highest BCUT2D eigenvalue weighted by atomic mass is 16.2. The van der Waals surface area contributed by atoms with E-state index in [1.54, 1.807) is 46.1 Å². The molecule has 0 saturated carbocycles. The second-order valence-electron chi connectivity index (χ2n) is 7.44. The fourth-order valence-corrected chi connectivity index (χ4v) is 3.84. The molecular weight excluding hydrogens is 412 g/mol. The van der Waals surface area contributed by atoms with Crippen LogP contribution in [0.4, 0.5) is 5.82 Å². The van der Waals surface area contributed by atoms with E-state index in [4.69, 9.17) is 0 Å². The number of amides is 1. The molecule has 4 aromatic rings. The van der Waals surface area contributed by atoms with Crippen molar-refractivity contribution in [1.82, 2.24) is 34.3 Å². The van der Waals surface area contributed by atoms with Crippen LogP contribution in [0.25, 0.3) is 11.3 Å². The molecule has 1 aromatic carbocycles. The molecule has 32 heavy (non-hydrogen) atoms. The van der Waals surface area contributed by atoms with Gasteiger partial charge in [-0.2, -0.15) is 4.52 Å². The molecular formula is C21H20N8O3. The van der Waals surface area contributed by atoms with Crippen LogP contribution in [0, 0.1) is 0 Å². The Labute approximate surface area is 181 Å². The van der Waals surface area contributed by atoms with E-state index >= 15 is 0 Å². The van der Waals surface area contributed by atoms with Gasteiger partial charge in [-0.25, -0.2) is 9.36 Å². The van der Waals surface area contributed by atoms with Crippen LogP contribution in [0.3, 0.4) is 0 Å². The standard InChI is InChI=1S/C21H20N8O3/c30-19(16-13-22-21(32)29(20(16)31)15-5-2-1-3-6-15)27-10-4-9-26(11-12-27)18-8-7-17-24-23-14-28(17)25-18/h1-3,5-8,13-14H,4,9-12H2,(H,22,32). The highest BCUT2D eigenvalue weighted by Gasteiger charge is 2.24. The monoisotopic (exact) mass is 432 g/mol. The molecule has 1 fully saturated rings. The predicted octanol–water partition coefficient (Wildman–Crippen LogP) is 0.316. The summed E-state index contributed by atoms with van der Waals surface area (Å²) >= 11 is 0. The Balaban J connectivity index is 1.38. The number of H-pyrrole nitrogens is 1. The second-order valence-corrected chi connectivity index (χ2v) is 7.44. The molecule has 1 aliphatic heterocycles. The Bertz CT molecular complexity index is 1390. The predicted molar refractivity (Wildman–Crippen MR) is 116 cm³/mol. The van der Waals surface area contributed by atoms with Crippen LogP contribution in [0.1, 0.15) is 16.8 Å². The quantitative estimate of drug-likeness (QED) is 0.495. The second kappa shape index (κ2) is 8.10. The summed E-state index contributed by atoms with van der Waals surface area (Å²) in [7, 11) is 0. The van der Waals surface area contributed by atoms with Crippen molar-refractivity contribution in [3.05, 3.63) is 81.4 Å². The van der Waals surface area contributed by atoms with Crippen molar-refractivity contribution in [2.24, 2.45) is 0 Å². The van der Waals surface area contributed by atoms with Gasteiger partial charge in [0, 0.05) is 32.4 Å². The van der Waals surface area contributed by atoms with Gasteiger partial charge in [-0.3, -0.25) is 9.59 Å². The average Bonchev–Trinajstić information content (AvgIpc) is 3.14. The van der Waals surface area contributed by atoms with Gasteiger partial charge in [0.25, 0.3) is 11.5 Å². The van der Waals surface area contributed by atoms with Crippen LogP contribution in [0.2, 0.25) is 0 Å². The van der Waals surface area contributed by atoms with E-state index in [0.717, 1.165) is 10.4 Å². The molecule has 1 saturated heterocycles. The Hall–Kier alpha value is -4.28. The first-order valence-corrected chi connectivity index (χ1v) is 10.2. The molecule has 0 radical (unpaired) electrons. The van der Waals surface area contributed by atoms with Crippen molar-refractivity contribution < 1.29 is 4.79 Å². The lowest BCUT2D eigenvalue weighted by Crippen LogP contribution is -2.42. The molecule has 0 spiro atoms. The minimum Gasteiger partial charge on any atom is -0.353 e. The number of para-hydroxylation sites is 1. The summed E-state index contributed by atoms with van der Waals surface area (Å²) in [5.74, 6) is 0.363. The van der Waals surface area contributed by atoms with Crippen LogP contribution in [-0.4, -0.2) is 66.3 Å². The zero-order valence-corrected chi connectivity index (χ0v) is 17.1. The number of aromatic nitrogens is 6. The Morgan fingerprint density at radius 2 is 1.81 bits per heavy atom. The fraction of sp³-hybridized carbons (Fsp3) is 0.238. The van der Waals surface area contributed by atoms with Crippen LogP contribution in [0.5, 0.6) is 0 Å². The number of nitrogens with one attached hydrogen (secondary N) is 1. The Kier molecular flexibility index (Phi) is 4.98. The fourth-order valence-electron chi connectivity index (χ4n) is 3.84. The molecule has 0 aliphatic carbocycles. The highest BCUT2D eigenvalue weighted by Crippen LogP contribution is 2.15. The molecule has 11 heteroatoms. The van der Waals surface area contributed by atoms with E-state index in [1.807, 2.05) is 12.1 Å². The summed E-state index contributed by atoms with van der Waals surface area (Å²) in [6, 6.07) is 12.3. The van der Waals surface area contributed by atoms with Gasteiger partial charge in [0.15, 0.2) is 5.65 Å². The maximum atomic E-state index is 13.2. The first kappa shape index (κ1) is 19.7.